The zero-order chi connectivity index (χ0) is 20.0. The van der Waals surface area contributed by atoms with Crippen molar-refractivity contribution in [2.75, 3.05) is 24.5 Å². The van der Waals surface area contributed by atoms with Gasteiger partial charge in [-0.1, -0.05) is 19.1 Å². The number of fused-ring (bicyclic) bond motifs is 3. The molecule has 1 fully saturated rings. The summed E-state index contributed by atoms with van der Waals surface area (Å²) in [4.78, 5) is 7.68. The van der Waals surface area contributed by atoms with Gasteiger partial charge < -0.3 is 4.90 Å². The SMILES string of the molecule is C=C1c2c(n[nH]c2C)-c2cc(-c3ccc(CN4CCCCC4)s3)ccc2N1CC. The van der Waals surface area contributed by atoms with E-state index in [4.69, 9.17) is 0 Å². The van der Waals surface area contributed by atoms with Crippen LogP contribution in [0, 0.1) is 6.92 Å². The summed E-state index contributed by atoms with van der Waals surface area (Å²) in [7, 11) is 0. The average molecular weight is 405 g/mol. The number of aromatic amines is 1. The largest absolute Gasteiger partial charge is 0.341 e. The first-order valence-corrected chi connectivity index (χ1v) is 11.4. The van der Waals surface area contributed by atoms with Crippen LogP contribution in [0.2, 0.25) is 0 Å². The van der Waals surface area contributed by atoms with Gasteiger partial charge in [0.05, 0.1) is 5.69 Å². The van der Waals surface area contributed by atoms with Crippen LogP contribution in [0.3, 0.4) is 0 Å². The molecule has 0 amide bonds. The highest BCUT2D eigenvalue weighted by molar-refractivity contribution is 7.15. The maximum atomic E-state index is 4.62. The number of nitrogens with one attached hydrogen (secondary N) is 1. The number of nitrogens with zero attached hydrogens (tertiary/aromatic N) is 3. The number of anilines is 1. The van der Waals surface area contributed by atoms with Crippen molar-refractivity contribution in [1.29, 1.82) is 0 Å². The van der Waals surface area contributed by atoms with E-state index in [1.165, 1.54) is 58.9 Å². The molecule has 0 atom stereocenters. The van der Waals surface area contributed by atoms with Gasteiger partial charge in [0.1, 0.15) is 5.69 Å². The van der Waals surface area contributed by atoms with Gasteiger partial charge in [-0.15, -0.1) is 11.3 Å². The number of aromatic nitrogens is 2. The molecule has 1 N–H and O–H groups in total. The van der Waals surface area contributed by atoms with Crippen LogP contribution >= 0.6 is 11.3 Å². The monoisotopic (exact) mass is 404 g/mol. The summed E-state index contributed by atoms with van der Waals surface area (Å²) in [6.07, 6.45) is 4.07. The highest BCUT2D eigenvalue weighted by atomic mass is 32.1. The molecule has 3 aromatic rings. The predicted molar refractivity (Wildman–Crippen MR) is 123 cm³/mol. The van der Waals surface area contributed by atoms with Gasteiger partial charge in [0.15, 0.2) is 0 Å². The highest BCUT2D eigenvalue weighted by Crippen LogP contribution is 2.45. The van der Waals surface area contributed by atoms with E-state index in [1.54, 1.807) is 0 Å². The second-order valence-corrected chi connectivity index (χ2v) is 9.27. The fraction of sp³-hybridized carbons (Fsp3) is 0.375. The van der Waals surface area contributed by atoms with E-state index >= 15 is 0 Å². The lowest BCUT2D eigenvalue weighted by molar-refractivity contribution is 0.222. The van der Waals surface area contributed by atoms with E-state index in [0.717, 1.165) is 35.7 Å². The molecule has 29 heavy (non-hydrogen) atoms. The maximum Gasteiger partial charge on any atom is 0.104 e. The van der Waals surface area contributed by atoms with Crippen LogP contribution in [0.4, 0.5) is 5.69 Å². The number of rotatable bonds is 4. The minimum atomic E-state index is 0.897. The van der Waals surface area contributed by atoms with Crippen molar-refractivity contribution in [3.63, 3.8) is 0 Å². The number of likely N-dealkylation sites (tertiary alicyclic amines) is 1. The standard InChI is InChI=1S/C24H28N4S/c1-4-28-17(3)23-16(2)25-26-24(23)20-14-18(8-10-21(20)28)22-11-9-19(29-22)15-27-12-6-5-7-13-27/h8-11,14H,3-7,12-13,15H2,1-2H3,(H,25,26). The molecule has 2 aliphatic rings. The Kier molecular flexibility index (Phi) is 4.80. The number of H-pyrrole nitrogens is 1. The molecule has 0 aliphatic carbocycles. The van der Waals surface area contributed by atoms with Crippen molar-refractivity contribution >= 4 is 22.7 Å². The second-order valence-electron chi connectivity index (χ2n) is 8.10. The average Bonchev–Trinajstić information content (AvgIpc) is 3.36. The molecule has 1 aromatic carbocycles. The van der Waals surface area contributed by atoms with E-state index in [-0.39, 0.29) is 0 Å². The summed E-state index contributed by atoms with van der Waals surface area (Å²) in [6.45, 7) is 13.1. The summed E-state index contributed by atoms with van der Waals surface area (Å²) in [5.74, 6) is 0. The fourth-order valence-corrected chi connectivity index (χ4v) is 5.74. The highest BCUT2D eigenvalue weighted by Gasteiger charge is 2.28. The molecular formula is C24H28N4S. The van der Waals surface area contributed by atoms with E-state index < -0.39 is 0 Å². The molecule has 2 aromatic heterocycles. The topological polar surface area (TPSA) is 35.2 Å². The van der Waals surface area contributed by atoms with Crippen molar-refractivity contribution in [1.82, 2.24) is 15.1 Å². The molecule has 0 saturated carbocycles. The third-order valence-electron chi connectivity index (χ3n) is 6.19. The number of thiophene rings is 1. The Morgan fingerprint density at radius 2 is 1.97 bits per heavy atom. The zero-order valence-electron chi connectivity index (χ0n) is 17.3. The van der Waals surface area contributed by atoms with Gasteiger partial charge >= 0.3 is 0 Å². The Hall–Kier alpha value is -2.37. The quantitative estimate of drug-likeness (QED) is 0.587. The van der Waals surface area contributed by atoms with Crippen LogP contribution in [0.15, 0.2) is 36.9 Å². The molecule has 0 unspecified atom stereocenters. The first-order valence-electron chi connectivity index (χ1n) is 10.6. The van der Waals surface area contributed by atoms with Crippen molar-refractivity contribution in [2.45, 2.75) is 39.7 Å². The Morgan fingerprint density at radius 1 is 1.14 bits per heavy atom. The van der Waals surface area contributed by atoms with E-state index in [9.17, 15) is 0 Å². The molecule has 0 bridgehead atoms. The van der Waals surface area contributed by atoms with Crippen molar-refractivity contribution in [3.8, 4) is 21.7 Å². The maximum absolute atomic E-state index is 4.62. The van der Waals surface area contributed by atoms with Gasteiger partial charge in [0, 0.05) is 45.4 Å². The van der Waals surface area contributed by atoms with Crippen LogP contribution in [0.25, 0.3) is 27.4 Å². The normalized spacial score (nSPS) is 16.8. The van der Waals surface area contributed by atoms with E-state index in [2.05, 4.69) is 70.8 Å². The lowest BCUT2D eigenvalue weighted by Gasteiger charge is -2.32. The first-order chi connectivity index (χ1) is 14.2. The Labute approximate surface area is 176 Å². The number of aryl methyl sites for hydroxylation is 1. The fourth-order valence-electron chi connectivity index (χ4n) is 4.69. The van der Waals surface area contributed by atoms with Gasteiger partial charge in [-0.2, -0.15) is 5.10 Å². The summed E-state index contributed by atoms with van der Waals surface area (Å²) >= 11 is 1.92. The second kappa shape index (κ2) is 7.47. The minimum absolute atomic E-state index is 0.897. The van der Waals surface area contributed by atoms with Gasteiger partial charge in [-0.3, -0.25) is 10.00 Å². The molecule has 5 rings (SSSR count). The summed E-state index contributed by atoms with van der Waals surface area (Å²) < 4.78 is 0. The molecular weight excluding hydrogens is 376 g/mol. The Balaban J connectivity index is 1.49. The smallest absolute Gasteiger partial charge is 0.104 e. The van der Waals surface area contributed by atoms with Gasteiger partial charge in [-0.25, -0.2) is 0 Å². The van der Waals surface area contributed by atoms with Crippen LogP contribution in [0.5, 0.6) is 0 Å². The minimum Gasteiger partial charge on any atom is -0.341 e. The van der Waals surface area contributed by atoms with Crippen molar-refractivity contribution in [2.24, 2.45) is 0 Å². The number of benzene rings is 1. The molecule has 1 saturated heterocycles. The van der Waals surface area contributed by atoms with Gasteiger partial charge in [0.2, 0.25) is 0 Å². The molecule has 4 nitrogen and oxygen atoms in total. The molecule has 5 heteroatoms. The van der Waals surface area contributed by atoms with Crippen molar-refractivity contribution in [3.05, 3.63) is 53.0 Å². The summed E-state index contributed by atoms with van der Waals surface area (Å²) in [5, 5.41) is 7.78. The third-order valence-corrected chi connectivity index (χ3v) is 7.31. The van der Waals surface area contributed by atoms with Crippen LogP contribution in [-0.2, 0) is 6.54 Å². The molecule has 0 spiro atoms. The number of hydrogen-bond acceptors (Lipinski definition) is 4. The predicted octanol–water partition coefficient (Wildman–Crippen LogP) is 5.91. The van der Waals surface area contributed by atoms with Crippen LogP contribution < -0.4 is 4.90 Å². The Bertz CT molecular complexity index is 1050. The van der Waals surface area contributed by atoms with E-state index in [0.29, 0.717) is 0 Å². The lowest BCUT2D eigenvalue weighted by atomic mass is 9.94. The van der Waals surface area contributed by atoms with Gasteiger partial charge in [0.25, 0.3) is 0 Å². The lowest BCUT2D eigenvalue weighted by Crippen LogP contribution is -2.28. The Morgan fingerprint density at radius 3 is 2.76 bits per heavy atom. The zero-order valence-corrected chi connectivity index (χ0v) is 18.1. The number of hydrogen-bond donors (Lipinski definition) is 1. The number of piperidine rings is 1. The summed E-state index contributed by atoms with van der Waals surface area (Å²) in [6, 6.07) is 11.4. The summed E-state index contributed by atoms with van der Waals surface area (Å²) in [5.41, 5.74) is 7.96. The van der Waals surface area contributed by atoms with Crippen LogP contribution in [0.1, 0.15) is 42.3 Å². The van der Waals surface area contributed by atoms with E-state index in [1.807, 2.05) is 11.3 Å². The first kappa shape index (κ1) is 18.6. The molecule has 4 heterocycles. The third kappa shape index (κ3) is 3.22. The molecule has 2 aliphatic heterocycles. The molecule has 150 valence electrons. The van der Waals surface area contributed by atoms with Crippen molar-refractivity contribution < 1.29 is 0 Å². The van der Waals surface area contributed by atoms with Crippen LogP contribution in [-0.4, -0.2) is 34.7 Å². The van der Waals surface area contributed by atoms with Gasteiger partial charge in [-0.05, 0) is 69.6 Å². The molecule has 0 radical (unpaired) electrons.